The molecule has 0 aromatic rings. The summed E-state index contributed by atoms with van der Waals surface area (Å²) < 4.78 is 5.18. The van der Waals surface area contributed by atoms with E-state index in [-0.39, 0.29) is 11.3 Å². The number of aliphatic hydroxyl groups is 1. The molecule has 0 radical (unpaired) electrons. The van der Waals surface area contributed by atoms with Gasteiger partial charge in [-0.05, 0) is 5.41 Å². The van der Waals surface area contributed by atoms with E-state index in [9.17, 15) is 9.90 Å². The largest absolute Gasteiger partial charge is 0.388 e. The summed E-state index contributed by atoms with van der Waals surface area (Å²) in [5, 5.41) is 12.9. The third-order valence-corrected chi connectivity index (χ3v) is 2.73. The second-order valence-corrected chi connectivity index (χ2v) is 5.85. The third-order valence-electron chi connectivity index (χ3n) is 2.73. The van der Waals surface area contributed by atoms with Gasteiger partial charge in [0.05, 0.1) is 5.60 Å². The summed E-state index contributed by atoms with van der Waals surface area (Å²) in [6, 6.07) is 0. The Morgan fingerprint density at radius 1 is 1.38 bits per heavy atom. The number of hydrogen-bond acceptors (Lipinski definition) is 3. The van der Waals surface area contributed by atoms with E-state index < -0.39 is 5.60 Å². The molecular formula is C12H23NO3. The van der Waals surface area contributed by atoms with Gasteiger partial charge in [-0.3, -0.25) is 4.79 Å². The molecule has 1 aliphatic rings. The molecule has 0 saturated carbocycles. The fraction of sp³-hybridized carbons (Fsp3) is 0.917. The van der Waals surface area contributed by atoms with E-state index in [4.69, 9.17) is 4.74 Å². The quantitative estimate of drug-likeness (QED) is 0.761. The Balaban J connectivity index is 2.30. The van der Waals surface area contributed by atoms with Gasteiger partial charge in [0, 0.05) is 39.0 Å². The highest BCUT2D eigenvalue weighted by molar-refractivity contribution is 5.76. The maximum absolute atomic E-state index is 11.6. The summed E-state index contributed by atoms with van der Waals surface area (Å²) >= 11 is 0. The highest BCUT2D eigenvalue weighted by Gasteiger charge is 2.30. The molecule has 0 atom stereocenters. The molecule has 0 aliphatic carbocycles. The van der Waals surface area contributed by atoms with Crippen LogP contribution in [0.3, 0.4) is 0 Å². The summed E-state index contributed by atoms with van der Waals surface area (Å²) in [6.07, 6.45) is 1.69. The topological polar surface area (TPSA) is 58.6 Å². The van der Waals surface area contributed by atoms with Crippen LogP contribution in [-0.2, 0) is 9.53 Å². The Morgan fingerprint density at radius 3 is 2.44 bits per heavy atom. The van der Waals surface area contributed by atoms with Crippen molar-refractivity contribution in [2.24, 2.45) is 5.41 Å². The minimum absolute atomic E-state index is 0.00687. The molecule has 1 heterocycles. The van der Waals surface area contributed by atoms with Gasteiger partial charge >= 0.3 is 0 Å². The van der Waals surface area contributed by atoms with Gasteiger partial charge in [0.1, 0.15) is 0 Å². The normalized spacial score (nSPS) is 20.5. The number of ether oxygens (including phenoxy) is 1. The summed E-state index contributed by atoms with van der Waals surface area (Å²) in [4.78, 5) is 11.6. The molecule has 1 fully saturated rings. The van der Waals surface area contributed by atoms with Crippen LogP contribution in [-0.4, -0.2) is 36.4 Å². The Kier molecular flexibility index (Phi) is 4.33. The van der Waals surface area contributed by atoms with Crippen molar-refractivity contribution in [1.82, 2.24) is 5.32 Å². The van der Waals surface area contributed by atoms with Crippen molar-refractivity contribution in [3.63, 3.8) is 0 Å². The highest BCUT2D eigenvalue weighted by Crippen LogP contribution is 2.21. The van der Waals surface area contributed by atoms with Crippen LogP contribution in [0.1, 0.15) is 40.0 Å². The van der Waals surface area contributed by atoms with Crippen LogP contribution in [0.4, 0.5) is 0 Å². The van der Waals surface area contributed by atoms with E-state index >= 15 is 0 Å². The predicted octanol–water partition coefficient (Wildman–Crippen LogP) is 1.08. The first-order chi connectivity index (χ1) is 7.31. The zero-order valence-corrected chi connectivity index (χ0v) is 10.5. The maximum Gasteiger partial charge on any atom is 0.220 e. The van der Waals surface area contributed by atoms with Crippen LogP contribution >= 0.6 is 0 Å². The van der Waals surface area contributed by atoms with E-state index in [2.05, 4.69) is 5.32 Å². The van der Waals surface area contributed by atoms with E-state index in [1.54, 1.807) is 0 Å². The molecule has 1 saturated heterocycles. The van der Waals surface area contributed by atoms with Gasteiger partial charge in [-0.15, -0.1) is 0 Å². The second kappa shape index (κ2) is 5.15. The van der Waals surface area contributed by atoms with E-state index in [0.29, 0.717) is 39.0 Å². The van der Waals surface area contributed by atoms with Crippen LogP contribution in [0.15, 0.2) is 0 Å². The molecule has 0 aromatic heterocycles. The number of carbonyl (C=O) groups is 1. The zero-order valence-electron chi connectivity index (χ0n) is 10.5. The standard InChI is InChI=1S/C12H23NO3/c1-11(2,3)8-10(14)13-9-12(15)4-6-16-7-5-12/h15H,4-9H2,1-3H3,(H,13,14). The Morgan fingerprint density at radius 2 is 1.94 bits per heavy atom. The lowest BCUT2D eigenvalue weighted by atomic mass is 9.91. The van der Waals surface area contributed by atoms with Crippen molar-refractivity contribution >= 4 is 5.91 Å². The van der Waals surface area contributed by atoms with Gasteiger partial charge in [0.15, 0.2) is 0 Å². The lowest BCUT2D eigenvalue weighted by Gasteiger charge is -2.32. The molecule has 0 bridgehead atoms. The Hall–Kier alpha value is -0.610. The Bertz CT molecular complexity index is 239. The van der Waals surface area contributed by atoms with Crippen molar-refractivity contribution in [1.29, 1.82) is 0 Å². The molecule has 94 valence electrons. The SMILES string of the molecule is CC(C)(C)CC(=O)NCC1(O)CCOCC1. The van der Waals surface area contributed by atoms with Gasteiger partial charge in [0.25, 0.3) is 0 Å². The molecule has 2 N–H and O–H groups in total. The summed E-state index contributed by atoms with van der Waals surface area (Å²) in [6.45, 7) is 7.56. The Labute approximate surface area is 97.4 Å². The molecule has 1 aliphatic heterocycles. The first-order valence-electron chi connectivity index (χ1n) is 5.88. The summed E-state index contributed by atoms with van der Waals surface area (Å²) in [5.41, 5.74) is -0.784. The van der Waals surface area contributed by atoms with Gasteiger partial charge in [-0.2, -0.15) is 0 Å². The average Bonchev–Trinajstić information content (AvgIpc) is 2.14. The lowest BCUT2D eigenvalue weighted by molar-refractivity contribution is -0.125. The molecule has 4 heteroatoms. The van der Waals surface area contributed by atoms with E-state index in [1.165, 1.54) is 0 Å². The van der Waals surface area contributed by atoms with Crippen molar-refractivity contribution < 1.29 is 14.6 Å². The van der Waals surface area contributed by atoms with Crippen molar-refractivity contribution in [2.75, 3.05) is 19.8 Å². The van der Waals surface area contributed by atoms with Gasteiger partial charge in [-0.1, -0.05) is 20.8 Å². The number of amides is 1. The molecule has 0 spiro atoms. The molecule has 16 heavy (non-hydrogen) atoms. The van der Waals surface area contributed by atoms with Crippen molar-refractivity contribution in [3.05, 3.63) is 0 Å². The van der Waals surface area contributed by atoms with Crippen LogP contribution in [0.25, 0.3) is 0 Å². The number of rotatable bonds is 3. The molecular weight excluding hydrogens is 206 g/mol. The van der Waals surface area contributed by atoms with E-state index in [1.807, 2.05) is 20.8 Å². The van der Waals surface area contributed by atoms with Crippen LogP contribution in [0, 0.1) is 5.41 Å². The van der Waals surface area contributed by atoms with Crippen LogP contribution < -0.4 is 5.32 Å². The van der Waals surface area contributed by atoms with Gasteiger partial charge in [0.2, 0.25) is 5.91 Å². The van der Waals surface area contributed by atoms with Crippen LogP contribution in [0.5, 0.6) is 0 Å². The van der Waals surface area contributed by atoms with Crippen molar-refractivity contribution in [2.45, 2.75) is 45.6 Å². The van der Waals surface area contributed by atoms with Crippen LogP contribution in [0.2, 0.25) is 0 Å². The van der Waals surface area contributed by atoms with Gasteiger partial charge < -0.3 is 15.2 Å². The first kappa shape index (κ1) is 13.5. The number of hydrogen-bond donors (Lipinski definition) is 2. The predicted molar refractivity (Wildman–Crippen MR) is 62.1 cm³/mol. The average molecular weight is 229 g/mol. The third kappa shape index (κ3) is 4.94. The number of nitrogens with one attached hydrogen (secondary N) is 1. The molecule has 0 unspecified atom stereocenters. The highest BCUT2D eigenvalue weighted by atomic mass is 16.5. The fourth-order valence-corrected chi connectivity index (χ4v) is 1.74. The monoisotopic (exact) mass is 229 g/mol. The molecule has 4 nitrogen and oxygen atoms in total. The smallest absolute Gasteiger partial charge is 0.220 e. The lowest BCUT2D eigenvalue weighted by Crippen LogP contribution is -2.47. The first-order valence-corrected chi connectivity index (χ1v) is 5.88. The van der Waals surface area contributed by atoms with E-state index in [0.717, 1.165) is 0 Å². The molecule has 1 amide bonds. The number of carbonyl (C=O) groups excluding carboxylic acids is 1. The molecule has 1 rings (SSSR count). The summed E-state index contributed by atoms with van der Waals surface area (Å²) in [7, 11) is 0. The zero-order chi connectivity index (χ0) is 12.2. The fourth-order valence-electron chi connectivity index (χ4n) is 1.74. The second-order valence-electron chi connectivity index (χ2n) is 5.85. The maximum atomic E-state index is 11.6. The minimum Gasteiger partial charge on any atom is -0.388 e. The van der Waals surface area contributed by atoms with Gasteiger partial charge in [-0.25, -0.2) is 0 Å². The summed E-state index contributed by atoms with van der Waals surface area (Å²) in [5.74, 6) is 0.00687. The minimum atomic E-state index is -0.772. The molecule has 0 aromatic carbocycles. The van der Waals surface area contributed by atoms with Crippen molar-refractivity contribution in [3.8, 4) is 0 Å².